The SMILES string of the molecule is CC(=O)N/N=C1\Nc2sc(C)c(C)c2C(c2ccc(Cl)cc2)=NC1(C)C. The number of nitrogens with zero attached hydrogens (tertiary/aromatic N) is 2. The first-order valence-electron chi connectivity index (χ1n) is 8.27. The molecule has 26 heavy (non-hydrogen) atoms. The van der Waals surface area contributed by atoms with Crippen molar-refractivity contribution in [3.63, 3.8) is 0 Å². The molecule has 1 aromatic carbocycles. The number of aliphatic imine (C=N–C) groups is 1. The maximum atomic E-state index is 11.3. The Morgan fingerprint density at radius 1 is 1.27 bits per heavy atom. The van der Waals surface area contributed by atoms with Crippen LogP contribution < -0.4 is 10.7 Å². The molecule has 2 aromatic rings. The average molecular weight is 389 g/mol. The number of amides is 1. The van der Waals surface area contributed by atoms with Crippen LogP contribution in [-0.4, -0.2) is 23.0 Å². The van der Waals surface area contributed by atoms with E-state index in [-0.39, 0.29) is 5.91 Å². The molecule has 5 nitrogen and oxygen atoms in total. The van der Waals surface area contributed by atoms with Crippen LogP contribution in [0.25, 0.3) is 0 Å². The van der Waals surface area contributed by atoms with E-state index in [0.29, 0.717) is 10.9 Å². The number of thiophene rings is 1. The lowest BCUT2D eigenvalue weighted by molar-refractivity contribution is -0.118. The molecule has 0 unspecified atom stereocenters. The van der Waals surface area contributed by atoms with Gasteiger partial charge < -0.3 is 5.32 Å². The first-order valence-corrected chi connectivity index (χ1v) is 9.46. The Bertz CT molecular complexity index is 926. The summed E-state index contributed by atoms with van der Waals surface area (Å²) in [6.07, 6.45) is 0. The maximum absolute atomic E-state index is 11.3. The molecule has 0 saturated heterocycles. The normalized spacial score (nSPS) is 17.2. The fourth-order valence-corrected chi connectivity index (χ4v) is 3.95. The number of benzene rings is 1. The van der Waals surface area contributed by atoms with E-state index in [1.807, 2.05) is 38.1 Å². The summed E-state index contributed by atoms with van der Waals surface area (Å²) in [4.78, 5) is 17.5. The lowest BCUT2D eigenvalue weighted by Crippen LogP contribution is -2.37. The lowest BCUT2D eigenvalue weighted by Gasteiger charge is -2.21. The van der Waals surface area contributed by atoms with E-state index in [1.54, 1.807) is 11.3 Å². The van der Waals surface area contributed by atoms with Crippen LogP contribution in [0.4, 0.5) is 5.00 Å². The van der Waals surface area contributed by atoms with Crippen LogP contribution in [-0.2, 0) is 4.79 Å². The quantitative estimate of drug-likeness (QED) is 0.743. The summed E-state index contributed by atoms with van der Waals surface area (Å²) in [6.45, 7) is 9.55. The number of hydrogen-bond acceptors (Lipinski definition) is 4. The lowest BCUT2D eigenvalue weighted by atomic mass is 9.99. The monoisotopic (exact) mass is 388 g/mol. The van der Waals surface area contributed by atoms with Crippen LogP contribution in [0.5, 0.6) is 0 Å². The van der Waals surface area contributed by atoms with Crippen molar-refractivity contribution in [3.8, 4) is 0 Å². The van der Waals surface area contributed by atoms with E-state index >= 15 is 0 Å². The summed E-state index contributed by atoms with van der Waals surface area (Å²) < 4.78 is 0. The van der Waals surface area contributed by atoms with Gasteiger partial charge in [-0.05, 0) is 45.4 Å². The van der Waals surface area contributed by atoms with Crippen molar-refractivity contribution in [3.05, 3.63) is 50.9 Å². The molecule has 0 bridgehead atoms. The fourth-order valence-electron chi connectivity index (χ4n) is 2.77. The second-order valence-electron chi connectivity index (χ2n) is 6.77. The number of halogens is 1. The largest absolute Gasteiger partial charge is 0.331 e. The summed E-state index contributed by atoms with van der Waals surface area (Å²) in [5.41, 5.74) is 6.01. The molecule has 2 N–H and O–H groups in total. The Balaban J connectivity index is 2.23. The Hall–Kier alpha value is -2.18. The van der Waals surface area contributed by atoms with Gasteiger partial charge in [0, 0.05) is 28.0 Å². The van der Waals surface area contributed by atoms with E-state index in [2.05, 4.69) is 29.7 Å². The fraction of sp³-hybridized carbons (Fsp3) is 0.316. The zero-order chi connectivity index (χ0) is 19.1. The number of rotatable bonds is 2. The molecule has 1 aliphatic heterocycles. The first-order chi connectivity index (χ1) is 12.2. The molecular weight excluding hydrogens is 368 g/mol. The molecule has 1 aliphatic rings. The zero-order valence-electron chi connectivity index (χ0n) is 15.4. The van der Waals surface area contributed by atoms with E-state index in [1.165, 1.54) is 17.4 Å². The van der Waals surface area contributed by atoms with E-state index < -0.39 is 5.54 Å². The van der Waals surface area contributed by atoms with Crippen LogP contribution >= 0.6 is 22.9 Å². The molecule has 0 atom stereocenters. The summed E-state index contributed by atoms with van der Waals surface area (Å²) in [7, 11) is 0. The van der Waals surface area contributed by atoms with Crippen LogP contribution in [0, 0.1) is 13.8 Å². The first kappa shape index (κ1) is 18.6. The predicted octanol–water partition coefficient (Wildman–Crippen LogP) is 4.51. The van der Waals surface area contributed by atoms with Gasteiger partial charge >= 0.3 is 0 Å². The summed E-state index contributed by atoms with van der Waals surface area (Å²) in [6, 6.07) is 7.68. The number of hydrogen-bond donors (Lipinski definition) is 2. The van der Waals surface area contributed by atoms with Crippen molar-refractivity contribution in [1.82, 2.24) is 5.43 Å². The molecule has 0 fully saturated rings. The average Bonchev–Trinajstić information content (AvgIpc) is 2.77. The number of anilines is 1. The predicted molar refractivity (Wildman–Crippen MR) is 110 cm³/mol. The smallest absolute Gasteiger partial charge is 0.237 e. The van der Waals surface area contributed by atoms with Gasteiger partial charge in [-0.25, -0.2) is 5.43 Å². The molecule has 2 heterocycles. The highest BCUT2D eigenvalue weighted by atomic mass is 35.5. The number of carbonyl (C=O) groups is 1. The zero-order valence-corrected chi connectivity index (χ0v) is 17.0. The maximum Gasteiger partial charge on any atom is 0.237 e. The van der Waals surface area contributed by atoms with Gasteiger partial charge in [-0.2, -0.15) is 5.10 Å². The van der Waals surface area contributed by atoms with Crippen molar-refractivity contribution in [2.45, 2.75) is 40.2 Å². The minimum absolute atomic E-state index is 0.222. The van der Waals surface area contributed by atoms with Gasteiger partial charge in [0.25, 0.3) is 0 Å². The highest BCUT2D eigenvalue weighted by molar-refractivity contribution is 7.17. The third-order valence-electron chi connectivity index (χ3n) is 4.27. The molecule has 0 radical (unpaired) electrons. The number of amidine groups is 1. The van der Waals surface area contributed by atoms with Gasteiger partial charge in [0.2, 0.25) is 5.91 Å². The second kappa shape index (κ2) is 6.85. The van der Waals surface area contributed by atoms with Crippen molar-refractivity contribution < 1.29 is 4.79 Å². The van der Waals surface area contributed by atoms with Gasteiger partial charge in [-0.1, -0.05) is 23.7 Å². The van der Waals surface area contributed by atoms with Crippen LogP contribution in [0.2, 0.25) is 5.02 Å². The molecule has 3 rings (SSSR count). The summed E-state index contributed by atoms with van der Waals surface area (Å²) in [5.74, 6) is 0.374. The number of fused-ring (bicyclic) bond motifs is 1. The highest BCUT2D eigenvalue weighted by Crippen LogP contribution is 2.38. The van der Waals surface area contributed by atoms with Gasteiger partial charge in [0.1, 0.15) is 10.5 Å². The summed E-state index contributed by atoms with van der Waals surface area (Å²) in [5, 5.41) is 9.31. The van der Waals surface area contributed by atoms with Crippen LogP contribution in [0.1, 0.15) is 42.3 Å². The Labute approximate surface area is 162 Å². The Morgan fingerprint density at radius 3 is 2.54 bits per heavy atom. The van der Waals surface area contributed by atoms with E-state index in [0.717, 1.165) is 21.8 Å². The second-order valence-corrected chi connectivity index (χ2v) is 8.43. The number of hydrazone groups is 1. The number of aryl methyl sites for hydroxylation is 1. The van der Waals surface area contributed by atoms with Crippen LogP contribution in [0.15, 0.2) is 34.4 Å². The van der Waals surface area contributed by atoms with Gasteiger partial charge in [-0.3, -0.25) is 9.79 Å². The van der Waals surface area contributed by atoms with E-state index in [9.17, 15) is 4.79 Å². The topological polar surface area (TPSA) is 65.8 Å². The van der Waals surface area contributed by atoms with Gasteiger partial charge in [-0.15, -0.1) is 11.3 Å². The molecule has 1 aromatic heterocycles. The molecule has 0 aliphatic carbocycles. The molecule has 0 saturated carbocycles. The van der Waals surface area contributed by atoms with Crippen molar-refractivity contribution >= 4 is 45.4 Å². The Morgan fingerprint density at radius 2 is 1.92 bits per heavy atom. The van der Waals surface area contributed by atoms with Gasteiger partial charge in [0.05, 0.1) is 5.71 Å². The number of nitrogens with one attached hydrogen (secondary N) is 2. The minimum Gasteiger partial charge on any atom is -0.331 e. The van der Waals surface area contributed by atoms with Crippen molar-refractivity contribution in [1.29, 1.82) is 0 Å². The third kappa shape index (κ3) is 3.52. The van der Waals surface area contributed by atoms with Crippen molar-refractivity contribution in [2.24, 2.45) is 10.1 Å². The highest BCUT2D eigenvalue weighted by Gasteiger charge is 2.33. The minimum atomic E-state index is -0.642. The molecule has 136 valence electrons. The molecule has 1 amide bonds. The standard InChI is InChI=1S/C19H21ClN4OS/c1-10-11(2)26-17-15(10)16(13-6-8-14(20)9-7-13)22-19(4,5)18(21-17)24-23-12(3)25/h6-9H,1-5H3,(H,21,24)(H,23,25). The molecule has 7 heteroatoms. The van der Waals surface area contributed by atoms with Crippen LogP contribution in [0.3, 0.4) is 0 Å². The molecular formula is C19H21ClN4OS. The van der Waals surface area contributed by atoms with Crippen molar-refractivity contribution in [2.75, 3.05) is 5.32 Å². The number of carbonyl (C=O) groups excluding carboxylic acids is 1. The van der Waals surface area contributed by atoms with Gasteiger partial charge in [0.15, 0.2) is 5.84 Å². The Kier molecular flexibility index (Phi) is 4.90. The van der Waals surface area contributed by atoms with E-state index in [4.69, 9.17) is 16.6 Å². The summed E-state index contributed by atoms with van der Waals surface area (Å²) >= 11 is 7.72. The molecule has 0 spiro atoms. The third-order valence-corrected chi connectivity index (χ3v) is 5.64.